The molecule has 0 bridgehead atoms. The molecule has 0 spiro atoms. The normalized spacial score (nSPS) is 18.2. The van der Waals surface area contributed by atoms with Gasteiger partial charge in [-0.25, -0.2) is 0 Å². The van der Waals surface area contributed by atoms with Gasteiger partial charge in [-0.3, -0.25) is 9.89 Å². The number of guanidine groups is 1. The summed E-state index contributed by atoms with van der Waals surface area (Å²) in [6.07, 6.45) is -4.17. The highest BCUT2D eigenvalue weighted by Crippen LogP contribution is 2.25. The monoisotopic (exact) mass is 476 g/mol. The minimum absolute atomic E-state index is 0. The van der Waals surface area contributed by atoms with E-state index < -0.39 is 12.2 Å². The van der Waals surface area contributed by atoms with Crippen LogP contribution in [-0.4, -0.2) is 61.2 Å². The Morgan fingerprint density at radius 2 is 1.92 bits per heavy atom. The van der Waals surface area contributed by atoms with Gasteiger partial charge in [0.2, 0.25) is 0 Å². The highest BCUT2D eigenvalue weighted by molar-refractivity contribution is 14.0. The van der Waals surface area contributed by atoms with E-state index in [-0.39, 0.29) is 24.0 Å². The van der Waals surface area contributed by atoms with Crippen LogP contribution in [0.25, 0.3) is 0 Å². The molecule has 1 aromatic heterocycles. The third-order valence-corrected chi connectivity index (χ3v) is 5.06. The molecule has 24 heavy (non-hydrogen) atoms. The molecule has 1 saturated heterocycles. The number of piperazine rings is 1. The topological polar surface area (TPSA) is 30.9 Å². The fourth-order valence-corrected chi connectivity index (χ4v) is 3.44. The molecule has 4 nitrogen and oxygen atoms in total. The zero-order valence-corrected chi connectivity index (χ0v) is 17.2. The SMILES string of the molecule is CN=C(NCc1ccc(C)s1)N1CCN(C(C)C(F)(F)F)CC1.I. The number of rotatable bonds is 3. The summed E-state index contributed by atoms with van der Waals surface area (Å²) in [5.41, 5.74) is 0. The lowest BCUT2D eigenvalue weighted by atomic mass is 10.2. The summed E-state index contributed by atoms with van der Waals surface area (Å²) in [6.45, 7) is 5.84. The van der Waals surface area contributed by atoms with Crippen LogP contribution in [0.15, 0.2) is 17.1 Å². The number of aliphatic imine (C=N–C) groups is 1. The molecule has 0 aliphatic carbocycles. The van der Waals surface area contributed by atoms with Gasteiger partial charge in [-0.15, -0.1) is 35.3 Å². The average Bonchev–Trinajstić information content (AvgIpc) is 2.92. The Morgan fingerprint density at radius 1 is 1.29 bits per heavy atom. The molecule has 0 radical (unpaired) electrons. The molecule has 1 unspecified atom stereocenters. The summed E-state index contributed by atoms with van der Waals surface area (Å²) in [5.74, 6) is 0.746. The summed E-state index contributed by atoms with van der Waals surface area (Å²) >= 11 is 1.72. The van der Waals surface area contributed by atoms with Gasteiger partial charge in [0.1, 0.15) is 6.04 Å². The molecular weight excluding hydrogens is 452 g/mol. The number of nitrogens with one attached hydrogen (secondary N) is 1. The van der Waals surface area contributed by atoms with Crippen LogP contribution in [-0.2, 0) is 6.54 Å². The molecule has 1 N–H and O–H groups in total. The lowest BCUT2D eigenvalue weighted by molar-refractivity contribution is -0.181. The molecular formula is C15H24F3IN4S. The van der Waals surface area contributed by atoms with E-state index in [1.54, 1.807) is 18.4 Å². The zero-order valence-electron chi connectivity index (χ0n) is 14.1. The highest BCUT2D eigenvalue weighted by Gasteiger charge is 2.41. The van der Waals surface area contributed by atoms with E-state index in [2.05, 4.69) is 29.4 Å². The Balaban J connectivity index is 0.00000288. The molecule has 2 heterocycles. The summed E-state index contributed by atoms with van der Waals surface area (Å²) in [5, 5.41) is 3.29. The molecule has 1 aromatic rings. The molecule has 0 saturated carbocycles. The third-order valence-electron chi connectivity index (χ3n) is 4.06. The van der Waals surface area contributed by atoms with Gasteiger partial charge in [0.15, 0.2) is 5.96 Å². The van der Waals surface area contributed by atoms with Gasteiger partial charge in [-0.05, 0) is 26.0 Å². The predicted octanol–water partition coefficient (Wildman–Crippen LogP) is 3.32. The molecule has 1 atom stereocenters. The lowest BCUT2D eigenvalue weighted by Gasteiger charge is -2.39. The standard InChI is InChI=1S/C15H23F3N4S.HI/c1-11-4-5-13(23-11)10-20-14(19-3)22-8-6-21(7-9-22)12(2)15(16,17)18;/h4-5,12H,6-10H2,1-3H3,(H,19,20);1H. The van der Waals surface area contributed by atoms with Crippen LogP contribution in [0.2, 0.25) is 0 Å². The first-order valence-electron chi connectivity index (χ1n) is 7.63. The summed E-state index contributed by atoms with van der Waals surface area (Å²) in [4.78, 5) is 10.2. The predicted molar refractivity (Wildman–Crippen MR) is 103 cm³/mol. The third kappa shape index (κ3) is 5.76. The first-order valence-corrected chi connectivity index (χ1v) is 8.44. The molecule has 1 fully saturated rings. The van der Waals surface area contributed by atoms with Crippen molar-refractivity contribution >= 4 is 41.3 Å². The van der Waals surface area contributed by atoms with Crippen LogP contribution >= 0.6 is 35.3 Å². The van der Waals surface area contributed by atoms with Gasteiger partial charge in [0.05, 0.1) is 6.54 Å². The number of thiophene rings is 1. The van der Waals surface area contributed by atoms with E-state index in [0.29, 0.717) is 32.7 Å². The summed E-state index contributed by atoms with van der Waals surface area (Å²) in [7, 11) is 1.70. The minimum Gasteiger partial charge on any atom is -0.351 e. The number of hydrogen-bond acceptors (Lipinski definition) is 3. The van der Waals surface area contributed by atoms with Gasteiger partial charge in [0.25, 0.3) is 0 Å². The van der Waals surface area contributed by atoms with E-state index in [4.69, 9.17) is 0 Å². The maximum Gasteiger partial charge on any atom is 0.403 e. The van der Waals surface area contributed by atoms with Crippen LogP contribution in [0.3, 0.4) is 0 Å². The minimum atomic E-state index is -4.17. The van der Waals surface area contributed by atoms with E-state index in [1.807, 2.05) is 4.90 Å². The Bertz CT molecular complexity index is 539. The molecule has 0 aromatic carbocycles. The van der Waals surface area contributed by atoms with Crippen molar-refractivity contribution < 1.29 is 13.2 Å². The van der Waals surface area contributed by atoms with Crippen molar-refractivity contribution in [1.29, 1.82) is 0 Å². The molecule has 9 heteroatoms. The van der Waals surface area contributed by atoms with Crippen LogP contribution in [0.1, 0.15) is 16.7 Å². The van der Waals surface area contributed by atoms with E-state index in [0.717, 1.165) is 5.96 Å². The van der Waals surface area contributed by atoms with Gasteiger partial charge in [0, 0.05) is 43.0 Å². The Hall–Kier alpha value is -0.550. The number of halogens is 4. The maximum atomic E-state index is 12.8. The average molecular weight is 476 g/mol. The highest BCUT2D eigenvalue weighted by atomic mass is 127. The number of hydrogen-bond donors (Lipinski definition) is 1. The van der Waals surface area contributed by atoms with Crippen molar-refractivity contribution in [3.05, 3.63) is 21.9 Å². The quantitative estimate of drug-likeness (QED) is 0.413. The second kappa shape index (κ2) is 9.23. The lowest BCUT2D eigenvalue weighted by Crippen LogP contribution is -2.56. The molecule has 1 aliphatic heterocycles. The first-order chi connectivity index (χ1) is 10.8. The van der Waals surface area contributed by atoms with Crippen molar-refractivity contribution in [2.45, 2.75) is 32.6 Å². The fraction of sp³-hybridized carbons (Fsp3) is 0.667. The second-order valence-corrected chi connectivity index (χ2v) is 7.03. The van der Waals surface area contributed by atoms with E-state index >= 15 is 0 Å². The number of nitrogens with zero attached hydrogens (tertiary/aromatic N) is 3. The molecule has 138 valence electrons. The Morgan fingerprint density at radius 3 is 2.38 bits per heavy atom. The van der Waals surface area contributed by atoms with Crippen molar-refractivity contribution in [2.75, 3.05) is 33.2 Å². The van der Waals surface area contributed by atoms with Gasteiger partial charge in [-0.2, -0.15) is 13.2 Å². The van der Waals surface area contributed by atoms with Crippen LogP contribution in [0, 0.1) is 6.92 Å². The van der Waals surface area contributed by atoms with Crippen LogP contribution < -0.4 is 5.32 Å². The van der Waals surface area contributed by atoms with Crippen molar-refractivity contribution in [2.24, 2.45) is 4.99 Å². The molecule has 2 rings (SSSR count). The summed E-state index contributed by atoms with van der Waals surface area (Å²) < 4.78 is 38.3. The molecule has 0 amide bonds. The Labute approximate surface area is 162 Å². The smallest absolute Gasteiger partial charge is 0.351 e. The maximum absolute atomic E-state index is 12.8. The van der Waals surface area contributed by atoms with Gasteiger partial charge < -0.3 is 10.2 Å². The van der Waals surface area contributed by atoms with E-state index in [1.165, 1.54) is 21.6 Å². The number of aryl methyl sites for hydroxylation is 1. The van der Waals surface area contributed by atoms with Gasteiger partial charge >= 0.3 is 6.18 Å². The van der Waals surface area contributed by atoms with Crippen LogP contribution in [0.4, 0.5) is 13.2 Å². The molecule has 1 aliphatic rings. The fourth-order valence-electron chi connectivity index (χ4n) is 2.61. The largest absolute Gasteiger partial charge is 0.403 e. The van der Waals surface area contributed by atoms with Gasteiger partial charge in [-0.1, -0.05) is 0 Å². The van der Waals surface area contributed by atoms with Crippen molar-refractivity contribution in [3.63, 3.8) is 0 Å². The Kier molecular flexibility index (Phi) is 8.27. The zero-order chi connectivity index (χ0) is 17.0. The van der Waals surface area contributed by atoms with Crippen LogP contribution in [0.5, 0.6) is 0 Å². The van der Waals surface area contributed by atoms with Crippen molar-refractivity contribution in [1.82, 2.24) is 15.1 Å². The van der Waals surface area contributed by atoms with Crippen molar-refractivity contribution in [3.8, 4) is 0 Å². The second-order valence-electron chi connectivity index (χ2n) is 5.65. The van der Waals surface area contributed by atoms with E-state index in [9.17, 15) is 13.2 Å². The number of alkyl halides is 3. The first kappa shape index (κ1) is 21.5. The summed E-state index contributed by atoms with van der Waals surface area (Å²) in [6, 6.07) is 2.75.